The lowest BCUT2D eigenvalue weighted by atomic mass is 10.1. The number of hydrogen-bond donors (Lipinski definition) is 1. The van der Waals surface area contributed by atoms with E-state index >= 15 is 0 Å². The van der Waals surface area contributed by atoms with Crippen molar-refractivity contribution in [2.24, 2.45) is 0 Å². The molecule has 2 aliphatic rings. The van der Waals surface area contributed by atoms with Gasteiger partial charge in [-0.25, -0.2) is 4.98 Å². The number of rotatable bonds is 1. The SMILES string of the molecule is c1cnc2ccc(N3CCC4CCC(C3)N4)nc2c1. The second-order valence-electron chi connectivity index (χ2n) is 5.58. The monoisotopic (exact) mass is 254 g/mol. The standard InChI is InChI=1S/C15H18N4/c1-2-14-13(16-8-1)5-6-15(18-14)19-9-7-11-3-4-12(10-19)17-11/h1-2,5-6,8,11-12,17H,3-4,7,9-10H2. The van der Waals surface area contributed by atoms with Crippen LogP contribution in [0.25, 0.3) is 11.0 Å². The Labute approximate surface area is 112 Å². The minimum absolute atomic E-state index is 0.638. The number of pyridine rings is 2. The molecule has 2 aromatic rings. The summed E-state index contributed by atoms with van der Waals surface area (Å²) in [5.74, 6) is 1.09. The second kappa shape index (κ2) is 4.46. The Balaban J connectivity index is 1.66. The quantitative estimate of drug-likeness (QED) is 0.844. The van der Waals surface area contributed by atoms with Crippen molar-refractivity contribution in [3.63, 3.8) is 0 Å². The molecule has 0 saturated carbocycles. The predicted molar refractivity (Wildman–Crippen MR) is 76.3 cm³/mol. The van der Waals surface area contributed by atoms with Crippen LogP contribution in [0, 0.1) is 0 Å². The largest absolute Gasteiger partial charge is 0.355 e. The molecule has 2 saturated heterocycles. The number of fused-ring (bicyclic) bond motifs is 3. The molecule has 4 heteroatoms. The zero-order valence-electron chi connectivity index (χ0n) is 10.9. The van der Waals surface area contributed by atoms with Crippen LogP contribution in [0.1, 0.15) is 19.3 Å². The molecule has 4 nitrogen and oxygen atoms in total. The summed E-state index contributed by atoms with van der Waals surface area (Å²) in [6.07, 6.45) is 5.69. The highest BCUT2D eigenvalue weighted by atomic mass is 15.2. The molecule has 0 radical (unpaired) electrons. The molecule has 2 aliphatic heterocycles. The number of nitrogens with one attached hydrogen (secondary N) is 1. The first kappa shape index (κ1) is 11.2. The first-order valence-corrected chi connectivity index (χ1v) is 7.11. The van der Waals surface area contributed by atoms with Crippen molar-refractivity contribution in [3.05, 3.63) is 30.5 Å². The van der Waals surface area contributed by atoms with Crippen LogP contribution >= 0.6 is 0 Å². The highest BCUT2D eigenvalue weighted by Crippen LogP contribution is 2.24. The molecule has 19 heavy (non-hydrogen) atoms. The predicted octanol–water partition coefficient (Wildman–Crippen LogP) is 1.96. The molecular formula is C15H18N4. The van der Waals surface area contributed by atoms with E-state index in [0.717, 1.165) is 36.0 Å². The van der Waals surface area contributed by atoms with Crippen LogP contribution in [0.15, 0.2) is 30.5 Å². The lowest BCUT2D eigenvalue weighted by molar-refractivity contribution is 0.563. The molecule has 2 fully saturated rings. The summed E-state index contributed by atoms with van der Waals surface area (Å²) in [6, 6.07) is 9.53. The minimum atomic E-state index is 0.638. The Morgan fingerprint density at radius 1 is 1.05 bits per heavy atom. The molecular weight excluding hydrogens is 236 g/mol. The topological polar surface area (TPSA) is 41.1 Å². The van der Waals surface area contributed by atoms with Crippen LogP contribution in [0.4, 0.5) is 5.82 Å². The molecule has 0 aromatic carbocycles. The summed E-state index contributed by atoms with van der Waals surface area (Å²) in [4.78, 5) is 11.5. The van der Waals surface area contributed by atoms with E-state index < -0.39 is 0 Å². The molecule has 1 N–H and O–H groups in total. The van der Waals surface area contributed by atoms with Crippen molar-refractivity contribution in [3.8, 4) is 0 Å². The lowest BCUT2D eigenvalue weighted by Crippen LogP contribution is -2.35. The summed E-state index contributed by atoms with van der Waals surface area (Å²) in [5.41, 5.74) is 1.96. The van der Waals surface area contributed by atoms with E-state index in [0.29, 0.717) is 6.04 Å². The van der Waals surface area contributed by atoms with Crippen LogP contribution in [-0.2, 0) is 0 Å². The van der Waals surface area contributed by atoms with Crippen LogP contribution in [0.5, 0.6) is 0 Å². The number of nitrogens with zero attached hydrogens (tertiary/aromatic N) is 3. The Morgan fingerprint density at radius 3 is 3.00 bits per heavy atom. The van der Waals surface area contributed by atoms with Crippen LogP contribution in [0.2, 0.25) is 0 Å². The van der Waals surface area contributed by atoms with Gasteiger partial charge < -0.3 is 10.2 Å². The van der Waals surface area contributed by atoms with Gasteiger partial charge in [-0.2, -0.15) is 0 Å². The van der Waals surface area contributed by atoms with Gasteiger partial charge in [0.2, 0.25) is 0 Å². The van der Waals surface area contributed by atoms with Gasteiger partial charge in [-0.3, -0.25) is 4.98 Å². The van der Waals surface area contributed by atoms with Gasteiger partial charge >= 0.3 is 0 Å². The molecule has 2 bridgehead atoms. The maximum atomic E-state index is 4.76. The summed E-state index contributed by atoms with van der Waals surface area (Å²) >= 11 is 0. The molecule has 2 unspecified atom stereocenters. The fourth-order valence-corrected chi connectivity index (χ4v) is 3.27. The maximum absolute atomic E-state index is 4.76. The molecule has 98 valence electrons. The molecule has 4 rings (SSSR count). The van der Waals surface area contributed by atoms with Crippen LogP contribution in [0.3, 0.4) is 0 Å². The minimum Gasteiger partial charge on any atom is -0.355 e. The lowest BCUT2D eigenvalue weighted by Gasteiger charge is -2.25. The molecule has 4 heterocycles. The average Bonchev–Trinajstić information content (AvgIpc) is 2.78. The fraction of sp³-hybridized carbons (Fsp3) is 0.467. The smallest absolute Gasteiger partial charge is 0.129 e. The molecule has 0 amide bonds. The second-order valence-corrected chi connectivity index (χ2v) is 5.58. The van der Waals surface area contributed by atoms with Gasteiger partial charge in [0.1, 0.15) is 5.82 Å². The summed E-state index contributed by atoms with van der Waals surface area (Å²) in [6.45, 7) is 2.18. The van der Waals surface area contributed by atoms with Crippen molar-refractivity contribution < 1.29 is 0 Å². The van der Waals surface area contributed by atoms with Crippen molar-refractivity contribution >= 4 is 16.9 Å². The third kappa shape index (κ3) is 2.06. The highest BCUT2D eigenvalue weighted by molar-refractivity contribution is 5.75. The van der Waals surface area contributed by atoms with Crippen molar-refractivity contribution in [1.82, 2.24) is 15.3 Å². The Bertz CT molecular complexity index is 597. The van der Waals surface area contributed by atoms with Crippen molar-refractivity contribution in [2.75, 3.05) is 18.0 Å². The van der Waals surface area contributed by atoms with E-state index in [2.05, 4.69) is 27.3 Å². The number of hydrogen-bond acceptors (Lipinski definition) is 4. The van der Waals surface area contributed by atoms with E-state index in [4.69, 9.17) is 4.98 Å². The van der Waals surface area contributed by atoms with E-state index in [1.807, 2.05) is 18.3 Å². The summed E-state index contributed by atoms with van der Waals surface area (Å²) in [5, 5.41) is 3.71. The van der Waals surface area contributed by atoms with Crippen molar-refractivity contribution in [2.45, 2.75) is 31.3 Å². The normalized spacial score (nSPS) is 26.6. The van der Waals surface area contributed by atoms with Gasteiger partial charge in [0, 0.05) is 31.4 Å². The van der Waals surface area contributed by atoms with Gasteiger partial charge in [0.15, 0.2) is 0 Å². The summed E-state index contributed by atoms with van der Waals surface area (Å²) in [7, 11) is 0. The van der Waals surface area contributed by atoms with Crippen LogP contribution < -0.4 is 10.2 Å². The third-order valence-electron chi connectivity index (χ3n) is 4.29. The van der Waals surface area contributed by atoms with E-state index in [1.165, 1.54) is 19.3 Å². The number of aromatic nitrogens is 2. The average molecular weight is 254 g/mol. The van der Waals surface area contributed by atoms with Crippen molar-refractivity contribution in [1.29, 1.82) is 0 Å². The number of anilines is 1. The highest BCUT2D eigenvalue weighted by Gasteiger charge is 2.29. The molecule has 0 spiro atoms. The molecule has 2 aromatic heterocycles. The van der Waals surface area contributed by atoms with E-state index in [-0.39, 0.29) is 0 Å². The zero-order valence-corrected chi connectivity index (χ0v) is 10.9. The molecule has 0 aliphatic carbocycles. The van der Waals surface area contributed by atoms with Gasteiger partial charge in [0.25, 0.3) is 0 Å². The van der Waals surface area contributed by atoms with E-state index in [9.17, 15) is 0 Å². The fourth-order valence-electron chi connectivity index (χ4n) is 3.27. The van der Waals surface area contributed by atoms with Gasteiger partial charge in [-0.1, -0.05) is 0 Å². The van der Waals surface area contributed by atoms with Gasteiger partial charge in [-0.15, -0.1) is 0 Å². The first-order valence-electron chi connectivity index (χ1n) is 7.11. The Hall–Kier alpha value is -1.68. The zero-order chi connectivity index (χ0) is 12.7. The third-order valence-corrected chi connectivity index (χ3v) is 4.29. The van der Waals surface area contributed by atoms with Gasteiger partial charge in [0.05, 0.1) is 11.0 Å². The van der Waals surface area contributed by atoms with Crippen LogP contribution in [-0.4, -0.2) is 35.1 Å². The van der Waals surface area contributed by atoms with E-state index in [1.54, 1.807) is 0 Å². The molecule has 2 atom stereocenters. The Morgan fingerprint density at radius 2 is 2.00 bits per heavy atom. The Kier molecular flexibility index (Phi) is 2.62. The maximum Gasteiger partial charge on any atom is 0.129 e. The first-order chi connectivity index (χ1) is 9.38. The summed E-state index contributed by atoms with van der Waals surface area (Å²) < 4.78 is 0. The van der Waals surface area contributed by atoms with Gasteiger partial charge in [-0.05, 0) is 43.5 Å².